The molecule has 0 atom stereocenters. The molecule has 0 unspecified atom stereocenters. The number of aromatic nitrogens is 5. The highest BCUT2D eigenvalue weighted by atomic mass is 32.2. The van der Waals surface area contributed by atoms with Gasteiger partial charge in [-0.05, 0) is 13.0 Å². The van der Waals surface area contributed by atoms with Gasteiger partial charge in [0, 0.05) is 17.2 Å². The maximum Gasteiger partial charge on any atom is 0.349 e. The molecule has 0 radical (unpaired) electrons. The molecule has 19 heavy (non-hydrogen) atoms. The second kappa shape index (κ2) is 4.39. The van der Waals surface area contributed by atoms with E-state index in [9.17, 15) is 4.79 Å². The number of pyridine rings is 1. The SMILES string of the molecule is Cc1nc(Sc2ccncc2N)cc2n[nH]c(=O)n12. The van der Waals surface area contributed by atoms with Crippen LogP contribution in [0.4, 0.5) is 5.69 Å². The zero-order valence-electron chi connectivity index (χ0n) is 9.99. The number of anilines is 1. The van der Waals surface area contributed by atoms with Crippen molar-refractivity contribution in [3.8, 4) is 0 Å². The van der Waals surface area contributed by atoms with Gasteiger partial charge >= 0.3 is 5.69 Å². The molecular weight excluding hydrogens is 264 g/mol. The van der Waals surface area contributed by atoms with Crippen LogP contribution in [0.2, 0.25) is 0 Å². The van der Waals surface area contributed by atoms with Crippen LogP contribution in [-0.2, 0) is 0 Å². The van der Waals surface area contributed by atoms with Gasteiger partial charge in [0.1, 0.15) is 10.9 Å². The first-order chi connectivity index (χ1) is 9.15. The number of nitrogens with two attached hydrogens (primary N) is 1. The number of H-pyrrole nitrogens is 1. The van der Waals surface area contributed by atoms with E-state index in [0.29, 0.717) is 17.2 Å². The average Bonchev–Trinajstić information content (AvgIpc) is 2.74. The molecule has 0 aliphatic heterocycles. The molecule has 96 valence electrons. The molecule has 8 heteroatoms. The molecule has 3 heterocycles. The first kappa shape index (κ1) is 11.7. The lowest BCUT2D eigenvalue weighted by Crippen LogP contribution is -2.13. The summed E-state index contributed by atoms with van der Waals surface area (Å²) in [7, 11) is 0. The quantitative estimate of drug-likeness (QED) is 0.672. The van der Waals surface area contributed by atoms with E-state index < -0.39 is 0 Å². The lowest BCUT2D eigenvalue weighted by molar-refractivity contribution is 0.896. The van der Waals surface area contributed by atoms with Crippen LogP contribution in [0.25, 0.3) is 5.65 Å². The van der Waals surface area contributed by atoms with Gasteiger partial charge in [0.25, 0.3) is 0 Å². The third-order valence-corrected chi connectivity index (χ3v) is 3.58. The Kier molecular flexibility index (Phi) is 2.71. The lowest BCUT2D eigenvalue weighted by Gasteiger charge is -2.05. The summed E-state index contributed by atoms with van der Waals surface area (Å²) in [5.74, 6) is 0.575. The second-order valence-electron chi connectivity index (χ2n) is 3.88. The summed E-state index contributed by atoms with van der Waals surface area (Å²) in [4.78, 5) is 20.7. The number of hydrogen-bond donors (Lipinski definition) is 2. The van der Waals surface area contributed by atoms with Crippen LogP contribution in [0.3, 0.4) is 0 Å². The van der Waals surface area contributed by atoms with Crippen molar-refractivity contribution in [3.63, 3.8) is 0 Å². The summed E-state index contributed by atoms with van der Waals surface area (Å²) in [6.07, 6.45) is 3.26. The van der Waals surface area contributed by atoms with E-state index in [2.05, 4.69) is 20.2 Å². The van der Waals surface area contributed by atoms with E-state index >= 15 is 0 Å². The third-order valence-electron chi connectivity index (χ3n) is 2.57. The van der Waals surface area contributed by atoms with Gasteiger partial charge < -0.3 is 5.73 Å². The summed E-state index contributed by atoms with van der Waals surface area (Å²) in [6.45, 7) is 1.75. The van der Waals surface area contributed by atoms with E-state index in [1.165, 1.54) is 16.2 Å². The van der Waals surface area contributed by atoms with Crippen molar-refractivity contribution in [3.05, 3.63) is 40.8 Å². The van der Waals surface area contributed by atoms with Crippen molar-refractivity contribution in [2.75, 3.05) is 5.73 Å². The smallest absolute Gasteiger partial charge is 0.349 e. The van der Waals surface area contributed by atoms with Gasteiger partial charge in [-0.25, -0.2) is 19.3 Å². The normalized spacial score (nSPS) is 11.0. The summed E-state index contributed by atoms with van der Waals surface area (Å²) in [5.41, 5.74) is 6.67. The molecule has 0 aliphatic carbocycles. The predicted octanol–water partition coefficient (Wildman–Crippen LogP) is 0.854. The third kappa shape index (κ3) is 2.06. The van der Waals surface area contributed by atoms with Crippen LogP contribution in [0, 0.1) is 6.92 Å². The highest BCUT2D eigenvalue weighted by Crippen LogP contribution is 2.30. The molecule has 0 aliphatic rings. The lowest BCUT2D eigenvalue weighted by atomic mass is 10.4. The van der Waals surface area contributed by atoms with E-state index in [1.807, 2.05) is 6.07 Å². The molecule has 3 rings (SSSR count). The van der Waals surface area contributed by atoms with Crippen LogP contribution in [0.15, 0.2) is 39.2 Å². The molecule has 7 nitrogen and oxygen atoms in total. The summed E-state index contributed by atoms with van der Waals surface area (Å²) >= 11 is 1.41. The van der Waals surface area contributed by atoms with E-state index in [4.69, 9.17) is 5.73 Å². The number of nitrogens with zero attached hydrogens (tertiary/aromatic N) is 4. The standard InChI is InChI=1S/C11H10N6OS/c1-6-14-10(4-9-15-16-11(18)17(6)9)19-8-2-3-13-5-7(8)12/h2-5H,12H2,1H3,(H,16,18). The molecule has 0 fully saturated rings. The predicted molar refractivity (Wildman–Crippen MR) is 71.1 cm³/mol. The van der Waals surface area contributed by atoms with Gasteiger partial charge in [-0.2, -0.15) is 5.10 Å². The minimum atomic E-state index is -0.292. The van der Waals surface area contributed by atoms with Gasteiger partial charge in [0.15, 0.2) is 5.65 Å². The van der Waals surface area contributed by atoms with Gasteiger partial charge in [-0.3, -0.25) is 4.98 Å². The number of hydrogen-bond acceptors (Lipinski definition) is 6. The fourth-order valence-corrected chi connectivity index (χ4v) is 2.59. The minimum Gasteiger partial charge on any atom is -0.397 e. The first-order valence-corrected chi connectivity index (χ1v) is 6.29. The molecule has 0 spiro atoms. The van der Waals surface area contributed by atoms with E-state index in [-0.39, 0.29) is 5.69 Å². The molecule has 0 saturated carbocycles. The summed E-state index contributed by atoms with van der Waals surface area (Å²) < 4.78 is 1.42. The number of rotatable bonds is 2. The Bertz CT molecular complexity index is 808. The Hall–Kier alpha value is -2.35. The molecule has 3 aromatic heterocycles. The molecule has 0 saturated heterocycles. The zero-order chi connectivity index (χ0) is 13.4. The van der Waals surface area contributed by atoms with Gasteiger partial charge in [-0.1, -0.05) is 11.8 Å². The molecule has 0 bridgehead atoms. The fraction of sp³-hybridized carbons (Fsp3) is 0.0909. The van der Waals surface area contributed by atoms with Crippen LogP contribution in [0.1, 0.15) is 5.82 Å². The van der Waals surface area contributed by atoms with Crippen molar-refractivity contribution < 1.29 is 0 Å². The Labute approximate surface area is 111 Å². The van der Waals surface area contributed by atoms with Gasteiger partial charge in [0.05, 0.1) is 11.9 Å². The summed E-state index contributed by atoms with van der Waals surface area (Å²) in [6, 6.07) is 3.55. The molecule has 0 aromatic carbocycles. The van der Waals surface area contributed by atoms with Crippen molar-refractivity contribution in [2.45, 2.75) is 16.8 Å². The Morgan fingerprint density at radius 1 is 1.47 bits per heavy atom. The topological polar surface area (TPSA) is 102 Å². The highest BCUT2D eigenvalue weighted by molar-refractivity contribution is 7.99. The molecule has 3 N–H and O–H groups in total. The molecule has 0 amide bonds. The van der Waals surface area contributed by atoms with Crippen LogP contribution in [0.5, 0.6) is 0 Å². The maximum absolute atomic E-state index is 11.5. The first-order valence-electron chi connectivity index (χ1n) is 5.47. The largest absolute Gasteiger partial charge is 0.397 e. The fourth-order valence-electron chi connectivity index (χ4n) is 1.72. The van der Waals surface area contributed by atoms with Crippen molar-refractivity contribution in [2.24, 2.45) is 0 Å². The molecular formula is C11H10N6OS. The maximum atomic E-state index is 11.5. The number of aryl methyl sites for hydroxylation is 1. The minimum absolute atomic E-state index is 0.292. The second-order valence-corrected chi connectivity index (χ2v) is 4.94. The number of nitrogen functional groups attached to an aromatic ring is 1. The van der Waals surface area contributed by atoms with Crippen LogP contribution in [-0.4, -0.2) is 24.6 Å². The van der Waals surface area contributed by atoms with Crippen molar-refractivity contribution in [1.29, 1.82) is 0 Å². The Balaban J connectivity index is 2.07. The Morgan fingerprint density at radius 3 is 3.11 bits per heavy atom. The van der Waals surface area contributed by atoms with E-state index in [1.54, 1.807) is 25.4 Å². The highest BCUT2D eigenvalue weighted by Gasteiger charge is 2.09. The average molecular weight is 274 g/mol. The molecule has 3 aromatic rings. The number of aromatic amines is 1. The Morgan fingerprint density at radius 2 is 2.32 bits per heavy atom. The monoisotopic (exact) mass is 274 g/mol. The zero-order valence-corrected chi connectivity index (χ0v) is 10.8. The van der Waals surface area contributed by atoms with Crippen LogP contribution >= 0.6 is 11.8 Å². The van der Waals surface area contributed by atoms with Gasteiger partial charge in [0.2, 0.25) is 0 Å². The van der Waals surface area contributed by atoms with E-state index in [0.717, 1.165) is 9.92 Å². The van der Waals surface area contributed by atoms with Crippen LogP contribution < -0.4 is 11.4 Å². The van der Waals surface area contributed by atoms with Crippen molar-refractivity contribution in [1.82, 2.24) is 24.6 Å². The summed E-state index contributed by atoms with van der Waals surface area (Å²) in [5, 5.41) is 7.05. The number of nitrogens with one attached hydrogen (secondary N) is 1. The van der Waals surface area contributed by atoms with Gasteiger partial charge in [-0.15, -0.1) is 0 Å². The van der Waals surface area contributed by atoms with Crippen molar-refractivity contribution >= 4 is 23.1 Å². The number of fused-ring (bicyclic) bond motifs is 1.